The molecule has 1 aliphatic heterocycles. The van der Waals surface area contributed by atoms with Gasteiger partial charge in [-0.05, 0) is 24.6 Å². The van der Waals surface area contributed by atoms with Gasteiger partial charge in [0.2, 0.25) is 0 Å². The maximum atomic E-state index is 13.2. The van der Waals surface area contributed by atoms with Crippen LogP contribution in [0.2, 0.25) is 0 Å². The van der Waals surface area contributed by atoms with E-state index in [4.69, 9.17) is 5.11 Å². The molecule has 19 heavy (non-hydrogen) atoms. The van der Waals surface area contributed by atoms with Crippen LogP contribution < -0.4 is 4.90 Å². The molecule has 0 amide bonds. The summed E-state index contributed by atoms with van der Waals surface area (Å²) in [4.78, 5) is 1.85. The topological polar surface area (TPSA) is 23.5 Å². The van der Waals surface area contributed by atoms with E-state index in [1.165, 1.54) is 6.07 Å². The van der Waals surface area contributed by atoms with Crippen LogP contribution in [0.25, 0.3) is 0 Å². The lowest BCUT2D eigenvalue weighted by atomic mass is 9.79. The summed E-state index contributed by atoms with van der Waals surface area (Å²) in [6, 6.07) is 4.18. The number of anilines is 1. The van der Waals surface area contributed by atoms with Crippen molar-refractivity contribution in [1.82, 2.24) is 0 Å². The summed E-state index contributed by atoms with van der Waals surface area (Å²) in [5.41, 5.74) is -0.247. The lowest BCUT2D eigenvalue weighted by Gasteiger charge is -2.31. The molecule has 1 aliphatic rings. The number of rotatable bonds is 2. The first-order chi connectivity index (χ1) is 8.71. The zero-order valence-electron chi connectivity index (χ0n) is 11.3. The number of hydrogen-bond donors (Lipinski definition) is 1. The summed E-state index contributed by atoms with van der Waals surface area (Å²) in [6.45, 7) is 5.82. The van der Waals surface area contributed by atoms with Crippen molar-refractivity contribution in [3.05, 3.63) is 29.3 Å². The second-order valence-corrected chi connectivity index (χ2v) is 5.51. The molecule has 1 N–H and O–H groups in total. The molecule has 0 aliphatic carbocycles. The molecule has 1 aromatic carbocycles. The average molecular weight is 273 g/mol. The van der Waals surface area contributed by atoms with Gasteiger partial charge >= 0.3 is 6.18 Å². The van der Waals surface area contributed by atoms with Crippen LogP contribution in [0.15, 0.2) is 18.2 Å². The third-order valence-electron chi connectivity index (χ3n) is 4.15. The number of hydrogen-bond acceptors (Lipinski definition) is 2. The zero-order chi connectivity index (χ0) is 14.4. The van der Waals surface area contributed by atoms with Crippen molar-refractivity contribution < 1.29 is 18.3 Å². The van der Waals surface area contributed by atoms with Gasteiger partial charge in [-0.3, -0.25) is 0 Å². The Labute approximate surface area is 110 Å². The Balaban J connectivity index is 2.65. The fraction of sp³-hybridized carbons (Fsp3) is 0.571. The van der Waals surface area contributed by atoms with E-state index in [0.717, 1.165) is 6.07 Å². The first-order valence-electron chi connectivity index (χ1n) is 6.29. The van der Waals surface area contributed by atoms with E-state index < -0.39 is 17.2 Å². The standard InChI is InChI=1S/C14H18F3NO/c1-9-13(2,3)12-10(14(15,16)17)5-4-6-11(12)18(9)7-8-19/h4-6,9,19H,7-8H2,1-3H3. The first kappa shape index (κ1) is 14.2. The maximum absolute atomic E-state index is 13.2. The molecule has 2 nitrogen and oxygen atoms in total. The van der Waals surface area contributed by atoms with Gasteiger partial charge in [0, 0.05) is 23.7 Å². The lowest BCUT2D eigenvalue weighted by molar-refractivity contribution is -0.138. The molecule has 106 valence electrons. The molecule has 0 saturated heterocycles. The third-order valence-corrected chi connectivity index (χ3v) is 4.15. The molecule has 1 heterocycles. The highest BCUT2D eigenvalue weighted by Gasteiger charge is 2.47. The molecule has 1 unspecified atom stereocenters. The fourth-order valence-electron chi connectivity index (χ4n) is 2.92. The first-order valence-corrected chi connectivity index (χ1v) is 6.29. The monoisotopic (exact) mass is 273 g/mol. The number of alkyl halides is 3. The number of benzene rings is 1. The molecule has 5 heteroatoms. The Bertz CT molecular complexity index is 482. The van der Waals surface area contributed by atoms with Crippen molar-refractivity contribution in [3.63, 3.8) is 0 Å². The van der Waals surface area contributed by atoms with Crippen LogP contribution in [0.4, 0.5) is 18.9 Å². The van der Waals surface area contributed by atoms with Crippen molar-refractivity contribution >= 4 is 5.69 Å². The number of aliphatic hydroxyl groups is 1. The van der Waals surface area contributed by atoms with Gasteiger partial charge in [0.05, 0.1) is 12.2 Å². The second kappa shape index (κ2) is 4.40. The normalized spacial score (nSPS) is 21.6. The summed E-state index contributed by atoms with van der Waals surface area (Å²) in [6.07, 6.45) is -4.35. The summed E-state index contributed by atoms with van der Waals surface area (Å²) in [5, 5.41) is 9.11. The van der Waals surface area contributed by atoms with Crippen molar-refractivity contribution in [2.45, 2.75) is 38.4 Å². The highest BCUT2D eigenvalue weighted by molar-refractivity contribution is 5.67. The van der Waals surface area contributed by atoms with E-state index in [1.54, 1.807) is 6.07 Å². The van der Waals surface area contributed by atoms with Crippen molar-refractivity contribution in [3.8, 4) is 0 Å². The highest BCUT2D eigenvalue weighted by atomic mass is 19.4. The van der Waals surface area contributed by atoms with Crippen molar-refractivity contribution in [1.29, 1.82) is 0 Å². The molecule has 0 bridgehead atoms. The smallest absolute Gasteiger partial charge is 0.395 e. The number of halogens is 3. The molecule has 0 aromatic heterocycles. The minimum absolute atomic E-state index is 0.0733. The van der Waals surface area contributed by atoms with E-state index in [2.05, 4.69) is 0 Å². The molecule has 0 fully saturated rings. The van der Waals surface area contributed by atoms with E-state index in [-0.39, 0.29) is 12.6 Å². The van der Waals surface area contributed by atoms with Crippen molar-refractivity contribution in [2.75, 3.05) is 18.1 Å². The van der Waals surface area contributed by atoms with Gasteiger partial charge in [0.1, 0.15) is 0 Å². The average Bonchev–Trinajstić information content (AvgIpc) is 2.50. The highest BCUT2D eigenvalue weighted by Crippen LogP contribution is 2.50. The minimum atomic E-state index is -4.35. The van der Waals surface area contributed by atoms with Gasteiger partial charge in [-0.1, -0.05) is 19.9 Å². The van der Waals surface area contributed by atoms with E-state index in [1.807, 2.05) is 25.7 Å². The lowest BCUT2D eigenvalue weighted by Crippen LogP contribution is -2.40. The maximum Gasteiger partial charge on any atom is 0.416 e. The Morgan fingerprint density at radius 3 is 2.47 bits per heavy atom. The van der Waals surface area contributed by atoms with Gasteiger partial charge in [-0.25, -0.2) is 0 Å². The molecule has 2 rings (SSSR count). The Hall–Kier alpha value is -1.23. The van der Waals surface area contributed by atoms with Crippen LogP contribution in [-0.2, 0) is 11.6 Å². The number of β-amino-alcohol motifs (C(OH)–C–C–N with tert-alkyl or cyclic N) is 1. The van der Waals surface area contributed by atoms with E-state index in [9.17, 15) is 13.2 Å². The zero-order valence-corrected chi connectivity index (χ0v) is 11.3. The van der Waals surface area contributed by atoms with Crippen LogP contribution in [0.5, 0.6) is 0 Å². The summed E-state index contributed by atoms with van der Waals surface area (Å²) < 4.78 is 39.5. The van der Waals surface area contributed by atoms with Gasteiger partial charge < -0.3 is 10.0 Å². The summed E-state index contributed by atoms with van der Waals surface area (Å²) in [5.74, 6) is 0. The summed E-state index contributed by atoms with van der Waals surface area (Å²) >= 11 is 0. The molecular weight excluding hydrogens is 255 g/mol. The fourth-order valence-corrected chi connectivity index (χ4v) is 2.92. The van der Waals surface area contributed by atoms with Crippen LogP contribution in [0.3, 0.4) is 0 Å². The summed E-state index contributed by atoms with van der Waals surface area (Å²) in [7, 11) is 0. The SMILES string of the molecule is CC1N(CCO)c2cccc(C(F)(F)F)c2C1(C)C. The van der Waals surface area contributed by atoms with E-state index >= 15 is 0 Å². The van der Waals surface area contributed by atoms with Crippen molar-refractivity contribution in [2.24, 2.45) is 0 Å². The Morgan fingerprint density at radius 2 is 1.95 bits per heavy atom. The van der Waals surface area contributed by atoms with Gasteiger partial charge in [-0.2, -0.15) is 13.2 Å². The van der Waals surface area contributed by atoms with Crippen LogP contribution in [0, 0.1) is 0 Å². The van der Waals surface area contributed by atoms with Gasteiger partial charge in [0.25, 0.3) is 0 Å². The second-order valence-electron chi connectivity index (χ2n) is 5.51. The van der Waals surface area contributed by atoms with Gasteiger partial charge in [-0.15, -0.1) is 0 Å². The Kier molecular flexibility index (Phi) is 3.29. The van der Waals surface area contributed by atoms with Crippen LogP contribution in [0.1, 0.15) is 31.9 Å². The predicted octanol–water partition coefficient (Wildman–Crippen LogP) is 3.18. The molecular formula is C14H18F3NO. The van der Waals surface area contributed by atoms with Crippen LogP contribution >= 0.6 is 0 Å². The molecule has 0 radical (unpaired) electrons. The van der Waals surface area contributed by atoms with Gasteiger partial charge in [0.15, 0.2) is 0 Å². The van der Waals surface area contributed by atoms with E-state index in [0.29, 0.717) is 17.8 Å². The number of nitrogens with zero attached hydrogens (tertiary/aromatic N) is 1. The molecule has 0 saturated carbocycles. The minimum Gasteiger partial charge on any atom is -0.395 e. The number of aliphatic hydroxyl groups excluding tert-OH is 1. The quantitative estimate of drug-likeness (QED) is 0.894. The molecule has 1 aromatic rings. The molecule has 1 atom stereocenters. The molecule has 0 spiro atoms. The largest absolute Gasteiger partial charge is 0.416 e. The van der Waals surface area contributed by atoms with Crippen LogP contribution in [-0.4, -0.2) is 24.3 Å². The number of fused-ring (bicyclic) bond motifs is 1. The Morgan fingerprint density at radius 1 is 1.32 bits per heavy atom. The third kappa shape index (κ3) is 2.10. The predicted molar refractivity (Wildman–Crippen MR) is 68.4 cm³/mol.